The van der Waals surface area contributed by atoms with E-state index in [9.17, 15) is 9.59 Å². The molecule has 0 saturated carbocycles. The number of rotatable bonds is 5. The summed E-state index contributed by atoms with van der Waals surface area (Å²) in [7, 11) is 0. The molecule has 1 saturated heterocycles. The predicted octanol–water partition coefficient (Wildman–Crippen LogP) is 2.22. The molecular formula is C16H19ClN2O3. The second-order valence-corrected chi connectivity index (χ2v) is 5.77. The standard InChI is InChI=1S/C16H19ClN2O3/c17-14-6-3-12(4-7-14)5-8-15(20)18-11-19-9-1-2-13(10-19)16(21)22/h3-8,13H,1-2,9-11H2,(H,18,20)(H,21,22)/b8-5+. The molecule has 0 aromatic heterocycles. The summed E-state index contributed by atoms with van der Waals surface area (Å²) < 4.78 is 0. The number of carbonyl (C=O) groups is 2. The first-order chi connectivity index (χ1) is 10.5. The van der Waals surface area contributed by atoms with Gasteiger partial charge < -0.3 is 10.4 Å². The maximum absolute atomic E-state index is 11.8. The first-order valence-corrected chi connectivity index (χ1v) is 7.59. The van der Waals surface area contributed by atoms with Crippen LogP contribution >= 0.6 is 11.6 Å². The summed E-state index contributed by atoms with van der Waals surface area (Å²) in [4.78, 5) is 24.7. The Bertz CT molecular complexity index is 557. The molecule has 1 aromatic carbocycles. The van der Waals surface area contributed by atoms with Crippen molar-refractivity contribution in [2.45, 2.75) is 12.8 Å². The lowest BCUT2D eigenvalue weighted by Crippen LogP contribution is -2.44. The summed E-state index contributed by atoms with van der Waals surface area (Å²) in [5.74, 6) is -1.30. The average Bonchev–Trinajstić information content (AvgIpc) is 2.52. The molecule has 2 N–H and O–H groups in total. The van der Waals surface area contributed by atoms with Gasteiger partial charge in [-0.05, 0) is 43.2 Å². The summed E-state index contributed by atoms with van der Waals surface area (Å²) in [6, 6.07) is 7.18. The number of hydrogen-bond acceptors (Lipinski definition) is 3. The predicted molar refractivity (Wildman–Crippen MR) is 85.4 cm³/mol. The van der Waals surface area contributed by atoms with E-state index in [1.54, 1.807) is 18.2 Å². The van der Waals surface area contributed by atoms with E-state index in [0.717, 1.165) is 18.5 Å². The molecule has 1 aliphatic heterocycles. The van der Waals surface area contributed by atoms with Gasteiger partial charge in [0.25, 0.3) is 0 Å². The molecule has 0 radical (unpaired) electrons. The van der Waals surface area contributed by atoms with Crippen LogP contribution in [0.25, 0.3) is 6.08 Å². The van der Waals surface area contributed by atoms with Gasteiger partial charge in [0, 0.05) is 17.6 Å². The van der Waals surface area contributed by atoms with E-state index < -0.39 is 5.97 Å². The summed E-state index contributed by atoms with van der Waals surface area (Å²) >= 11 is 5.79. The fraction of sp³-hybridized carbons (Fsp3) is 0.375. The number of likely N-dealkylation sites (tertiary alicyclic amines) is 1. The number of halogens is 1. The van der Waals surface area contributed by atoms with E-state index in [1.165, 1.54) is 6.08 Å². The van der Waals surface area contributed by atoms with Gasteiger partial charge in [-0.15, -0.1) is 0 Å². The monoisotopic (exact) mass is 322 g/mol. The number of carboxylic acid groups (broad SMARTS) is 1. The number of carboxylic acids is 1. The fourth-order valence-electron chi connectivity index (χ4n) is 2.40. The maximum Gasteiger partial charge on any atom is 0.307 e. The minimum absolute atomic E-state index is 0.201. The molecule has 1 aliphatic rings. The van der Waals surface area contributed by atoms with Crippen LogP contribution in [-0.2, 0) is 9.59 Å². The molecule has 1 unspecified atom stereocenters. The first-order valence-electron chi connectivity index (χ1n) is 7.21. The molecule has 1 heterocycles. The van der Waals surface area contributed by atoms with Crippen molar-refractivity contribution < 1.29 is 14.7 Å². The SMILES string of the molecule is O=C(/C=C/c1ccc(Cl)cc1)NCN1CCCC(C(=O)O)C1. The van der Waals surface area contributed by atoms with Gasteiger partial charge in [0.2, 0.25) is 5.91 Å². The molecule has 0 bridgehead atoms. The van der Waals surface area contributed by atoms with E-state index in [-0.39, 0.29) is 11.8 Å². The zero-order valence-electron chi connectivity index (χ0n) is 12.2. The Labute approximate surface area is 134 Å². The van der Waals surface area contributed by atoms with Crippen molar-refractivity contribution in [2.24, 2.45) is 5.92 Å². The highest BCUT2D eigenvalue weighted by molar-refractivity contribution is 6.30. The van der Waals surface area contributed by atoms with Crippen molar-refractivity contribution in [2.75, 3.05) is 19.8 Å². The van der Waals surface area contributed by atoms with Crippen molar-refractivity contribution in [3.8, 4) is 0 Å². The Kier molecular flexibility index (Phi) is 5.98. The van der Waals surface area contributed by atoms with Gasteiger partial charge in [0.15, 0.2) is 0 Å². The highest BCUT2D eigenvalue weighted by Crippen LogP contribution is 2.15. The number of hydrogen-bond donors (Lipinski definition) is 2. The summed E-state index contributed by atoms with van der Waals surface area (Å²) in [5.41, 5.74) is 0.892. The van der Waals surface area contributed by atoms with E-state index in [2.05, 4.69) is 5.32 Å². The smallest absolute Gasteiger partial charge is 0.307 e. The maximum atomic E-state index is 11.8. The number of piperidine rings is 1. The minimum Gasteiger partial charge on any atom is -0.481 e. The lowest BCUT2D eigenvalue weighted by Gasteiger charge is -2.30. The molecule has 0 spiro atoms. The largest absolute Gasteiger partial charge is 0.481 e. The van der Waals surface area contributed by atoms with Gasteiger partial charge in [-0.2, -0.15) is 0 Å². The number of nitrogens with zero attached hydrogens (tertiary/aromatic N) is 1. The Morgan fingerprint density at radius 1 is 1.36 bits per heavy atom. The highest BCUT2D eigenvalue weighted by atomic mass is 35.5. The third-order valence-corrected chi connectivity index (χ3v) is 3.88. The molecule has 1 amide bonds. The normalized spacial score (nSPS) is 19.2. The topological polar surface area (TPSA) is 69.6 Å². The summed E-state index contributed by atoms with van der Waals surface area (Å²) in [6.45, 7) is 1.66. The van der Waals surface area contributed by atoms with Crippen molar-refractivity contribution >= 4 is 29.6 Å². The molecule has 6 heteroatoms. The Morgan fingerprint density at radius 3 is 2.77 bits per heavy atom. The van der Waals surface area contributed by atoms with Gasteiger partial charge in [0.05, 0.1) is 12.6 Å². The Hall–Kier alpha value is -1.85. The van der Waals surface area contributed by atoms with Crippen LogP contribution in [-0.4, -0.2) is 41.6 Å². The van der Waals surface area contributed by atoms with Crippen molar-refractivity contribution in [1.82, 2.24) is 10.2 Å². The van der Waals surface area contributed by atoms with E-state index >= 15 is 0 Å². The molecule has 118 valence electrons. The van der Waals surface area contributed by atoms with Crippen LogP contribution in [0.1, 0.15) is 18.4 Å². The minimum atomic E-state index is -0.765. The molecule has 5 nitrogen and oxygen atoms in total. The van der Waals surface area contributed by atoms with Crippen molar-refractivity contribution in [1.29, 1.82) is 0 Å². The quantitative estimate of drug-likeness (QED) is 0.816. The van der Waals surface area contributed by atoms with Crippen LogP contribution < -0.4 is 5.32 Å². The van der Waals surface area contributed by atoms with Gasteiger partial charge in [0.1, 0.15) is 0 Å². The molecular weight excluding hydrogens is 304 g/mol. The Balaban J connectivity index is 1.77. The first kappa shape index (κ1) is 16.5. The van der Waals surface area contributed by atoms with Crippen LogP contribution in [0, 0.1) is 5.92 Å². The van der Waals surface area contributed by atoms with Gasteiger partial charge in [-0.1, -0.05) is 23.7 Å². The van der Waals surface area contributed by atoms with Crippen molar-refractivity contribution in [3.05, 3.63) is 40.9 Å². The van der Waals surface area contributed by atoms with Crippen LogP contribution in [0.4, 0.5) is 0 Å². The van der Waals surface area contributed by atoms with Gasteiger partial charge in [-0.25, -0.2) is 0 Å². The molecule has 22 heavy (non-hydrogen) atoms. The molecule has 2 rings (SSSR count). The van der Waals surface area contributed by atoms with E-state index in [1.807, 2.05) is 17.0 Å². The number of benzene rings is 1. The number of carbonyl (C=O) groups excluding carboxylic acids is 1. The second-order valence-electron chi connectivity index (χ2n) is 5.34. The zero-order chi connectivity index (χ0) is 15.9. The summed E-state index contributed by atoms with van der Waals surface area (Å²) in [6.07, 6.45) is 4.72. The van der Waals surface area contributed by atoms with Crippen molar-refractivity contribution in [3.63, 3.8) is 0 Å². The van der Waals surface area contributed by atoms with Crippen LogP contribution in [0.2, 0.25) is 5.02 Å². The van der Waals surface area contributed by atoms with E-state index in [0.29, 0.717) is 24.7 Å². The van der Waals surface area contributed by atoms with Crippen LogP contribution in [0.15, 0.2) is 30.3 Å². The summed E-state index contributed by atoms with van der Waals surface area (Å²) in [5, 5.41) is 12.5. The molecule has 1 aromatic rings. The average molecular weight is 323 g/mol. The number of amides is 1. The molecule has 1 fully saturated rings. The third-order valence-electron chi connectivity index (χ3n) is 3.63. The fourth-order valence-corrected chi connectivity index (χ4v) is 2.52. The van der Waals surface area contributed by atoms with Crippen LogP contribution in [0.5, 0.6) is 0 Å². The van der Waals surface area contributed by atoms with Crippen LogP contribution in [0.3, 0.4) is 0 Å². The van der Waals surface area contributed by atoms with E-state index in [4.69, 9.17) is 16.7 Å². The lowest BCUT2D eigenvalue weighted by molar-refractivity contribution is -0.143. The lowest BCUT2D eigenvalue weighted by atomic mass is 9.99. The zero-order valence-corrected chi connectivity index (χ0v) is 12.9. The second kappa shape index (κ2) is 7.96. The number of nitrogens with one attached hydrogen (secondary N) is 1. The van der Waals surface area contributed by atoms with Gasteiger partial charge in [-0.3, -0.25) is 14.5 Å². The highest BCUT2D eigenvalue weighted by Gasteiger charge is 2.25. The molecule has 0 aliphatic carbocycles. The third kappa shape index (κ3) is 5.16. The molecule has 1 atom stereocenters. The van der Waals surface area contributed by atoms with Gasteiger partial charge >= 0.3 is 5.97 Å². The Morgan fingerprint density at radius 2 is 2.09 bits per heavy atom. The number of aliphatic carboxylic acids is 1.